The van der Waals surface area contributed by atoms with Crippen molar-refractivity contribution in [2.24, 2.45) is 0 Å². The molecule has 0 radical (unpaired) electrons. The van der Waals surface area contributed by atoms with E-state index in [0.717, 1.165) is 44.1 Å². The number of nitrogens with zero attached hydrogens (tertiary/aromatic N) is 6. The lowest BCUT2D eigenvalue weighted by Gasteiger charge is -2.39. The molecule has 7 heteroatoms. The molecule has 0 N–H and O–H groups in total. The first-order valence-corrected chi connectivity index (χ1v) is 10.2. The highest BCUT2D eigenvalue weighted by molar-refractivity contribution is 5.26. The van der Waals surface area contributed by atoms with Crippen LogP contribution < -0.4 is 0 Å². The van der Waals surface area contributed by atoms with Gasteiger partial charge in [-0.05, 0) is 47.5 Å². The Morgan fingerprint density at radius 3 is 2.28 bits per heavy atom. The van der Waals surface area contributed by atoms with E-state index >= 15 is 0 Å². The quantitative estimate of drug-likeness (QED) is 0.642. The molecule has 1 saturated heterocycles. The van der Waals surface area contributed by atoms with Gasteiger partial charge < -0.3 is 0 Å². The van der Waals surface area contributed by atoms with Gasteiger partial charge in [0.05, 0.1) is 12.1 Å². The van der Waals surface area contributed by atoms with Crippen LogP contribution in [0.5, 0.6) is 0 Å². The molecule has 2 heterocycles. The van der Waals surface area contributed by atoms with Crippen molar-refractivity contribution in [1.82, 2.24) is 30.0 Å². The van der Waals surface area contributed by atoms with Gasteiger partial charge in [-0.3, -0.25) is 9.80 Å². The number of hydrogen-bond donors (Lipinski definition) is 0. The predicted octanol–water partition coefficient (Wildman–Crippen LogP) is 3.30. The first-order valence-electron chi connectivity index (χ1n) is 10.2. The Bertz CT molecular complexity index is 901. The minimum Gasteiger partial charge on any atom is -0.297 e. The van der Waals surface area contributed by atoms with Crippen molar-refractivity contribution in [2.75, 3.05) is 26.2 Å². The molecule has 1 aliphatic heterocycles. The summed E-state index contributed by atoms with van der Waals surface area (Å²) in [6, 6.07) is 17.3. The Hall–Kier alpha value is -2.64. The van der Waals surface area contributed by atoms with Crippen LogP contribution in [0.3, 0.4) is 0 Å². The van der Waals surface area contributed by atoms with Crippen LogP contribution in [-0.4, -0.2) is 56.2 Å². The van der Waals surface area contributed by atoms with Crippen molar-refractivity contribution < 1.29 is 4.39 Å². The summed E-state index contributed by atoms with van der Waals surface area (Å²) in [4.78, 5) is 4.87. The van der Waals surface area contributed by atoms with Gasteiger partial charge in [0.25, 0.3) is 0 Å². The molecule has 0 aliphatic carbocycles. The Labute approximate surface area is 170 Å². The van der Waals surface area contributed by atoms with Gasteiger partial charge in [0.15, 0.2) is 5.82 Å². The van der Waals surface area contributed by atoms with Crippen molar-refractivity contribution in [3.63, 3.8) is 0 Å². The fourth-order valence-electron chi connectivity index (χ4n) is 3.94. The van der Waals surface area contributed by atoms with Crippen LogP contribution in [0.4, 0.5) is 4.39 Å². The molecule has 0 unspecified atom stereocenters. The minimum atomic E-state index is -0.233. The van der Waals surface area contributed by atoms with E-state index in [9.17, 15) is 4.39 Å². The van der Waals surface area contributed by atoms with E-state index in [4.69, 9.17) is 0 Å². The van der Waals surface area contributed by atoms with Gasteiger partial charge in [0, 0.05) is 32.7 Å². The number of halogens is 1. The van der Waals surface area contributed by atoms with Crippen molar-refractivity contribution in [1.29, 1.82) is 0 Å². The number of benzene rings is 2. The van der Waals surface area contributed by atoms with E-state index in [1.54, 1.807) is 0 Å². The normalized spacial score (nSPS) is 17.0. The zero-order chi connectivity index (χ0) is 20.2. The molecule has 3 aromatic rings. The molecule has 1 fully saturated rings. The summed E-state index contributed by atoms with van der Waals surface area (Å²) in [6.45, 7) is 8.84. The standard InChI is InChI=1S/C22H27FN6/c1-17(2)29-22(24-25-26-29)21(19-8-10-20(23)11-9-19)28-14-12-27(13-15-28)16-18-6-4-3-5-7-18/h3-11,17,21H,12-16H2,1-2H3/t21-/m1/s1. The van der Waals surface area contributed by atoms with Gasteiger partial charge in [-0.15, -0.1) is 5.10 Å². The predicted molar refractivity (Wildman–Crippen MR) is 110 cm³/mol. The molecule has 1 atom stereocenters. The van der Waals surface area contributed by atoms with Crippen LogP contribution in [0.25, 0.3) is 0 Å². The molecule has 0 bridgehead atoms. The second kappa shape index (κ2) is 8.80. The first kappa shape index (κ1) is 19.7. The van der Waals surface area contributed by atoms with Crippen LogP contribution in [0, 0.1) is 5.82 Å². The van der Waals surface area contributed by atoms with Crippen molar-refractivity contribution in [2.45, 2.75) is 32.5 Å². The van der Waals surface area contributed by atoms with Gasteiger partial charge in [-0.1, -0.05) is 42.5 Å². The summed E-state index contributed by atoms with van der Waals surface area (Å²) in [5, 5.41) is 12.5. The third-order valence-corrected chi connectivity index (χ3v) is 5.46. The second-order valence-corrected chi connectivity index (χ2v) is 7.83. The van der Waals surface area contributed by atoms with E-state index in [-0.39, 0.29) is 17.9 Å². The van der Waals surface area contributed by atoms with Gasteiger partial charge in [-0.25, -0.2) is 9.07 Å². The average molecular weight is 394 g/mol. The van der Waals surface area contributed by atoms with E-state index in [2.05, 4.69) is 63.4 Å². The first-order chi connectivity index (χ1) is 14.1. The molecule has 0 saturated carbocycles. The van der Waals surface area contributed by atoms with Gasteiger partial charge in [0.2, 0.25) is 0 Å². The van der Waals surface area contributed by atoms with E-state index in [0.29, 0.717) is 0 Å². The highest BCUT2D eigenvalue weighted by atomic mass is 19.1. The van der Waals surface area contributed by atoms with E-state index in [1.807, 2.05) is 22.9 Å². The van der Waals surface area contributed by atoms with E-state index in [1.165, 1.54) is 17.7 Å². The summed E-state index contributed by atoms with van der Waals surface area (Å²) >= 11 is 0. The molecular formula is C22H27FN6. The number of hydrogen-bond acceptors (Lipinski definition) is 5. The smallest absolute Gasteiger partial charge is 0.173 e. The van der Waals surface area contributed by atoms with Crippen LogP contribution in [0.2, 0.25) is 0 Å². The van der Waals surface area contributed by atoms with E-state index < -0.39 is 0 Å². The van der Waals surface area contributed by atoms with Crippen molar-refractivity contribution in [3.05, 3.63) is 77.4 Å². The largest absolute Gasteiger partial charge is 0.297 e. The molecule has 6 nitrogen and oxygen atoms in total. The summed E-state index contributed by atoms with van der Waals surface area (Å²) in [5.74, 6) is 0.576. The van der Waals surface area contributed by atoms with Gasteiger partial charge in [-0.2, -0.15) is 0 Å². The lowest BCUT2D eigenvalue weighted by molar-refractivity contribution is 0.0996. The monoisotopic (exact) mass is 394 g/mol. The van der Waals surface area contributed by atoms with Crippen LogP contribution >= 0.6 is 0 Å². The zero-order valence-corrected chi connectivity index (χ0v) is 16.9. The number of tetrazole rings is 1. The highest BCUT2D eigenvalue weighted by Crippen LogP contribution is 2.29. The maximum absolute atomic E-state index is 13.5. The summed E-state index contributed by atoms with van der Waals surface area (Å²) in [7, 11) is 0. The topological polar surface area (TPSA) is 50.1 Å². The summed E-state index contributed by atoms with van der Waals surface area (Å²) in [5.41, 5.74) is 2.35. The Morgan fingerprint density at radius 1 is 0.931 bits per heavy atom. The number of aromatic nitrogens is 4. The summed E-state index contributed by atoms with van der Waals surface area (Å²) in [6.07, 6.45) is 0. The van der Waals surface area contributed by atoms with Gasteiger partial charge >= 0.3 is 0 Å². The van der Waals surface area contributed by atoms with Crippen LogP contribution in [0.15, 0.2) is 54.6 Å². The molecular weight excluding hydrogens is 367 g/mol. The molecule has 4 rings (SSSR count). The second-order valence-electron chi connectivity index (χ2n) is 7.83. The Kier molecular flexibility index (Phi) is 5.97. The zero-order valence-electron chi connectivity index (χ0n) is 16.9. The average Bonchev–Trinajstić information content (AvgIpc) is 3.21. The number of rotatable bonds is 6. The number of piperazine rings is 1. The van der Waals surface area contributed by atoms with Gasteiger partial charge in [0.1, 0.15) is 5.82 Å². The van der Waals surface area contributed by atoms with Crippen molar-refractivity contribution in [3.8, 4) is 0 Å². The Balaban J connectivity index is 1.54. The molecule has 29 heavy (non-hydrogen) atoms. The van der Waals surface area contributed by atoms with Crippen LogP contribution in [0.1, 0.15) is 42.9 Å². The maximum atomic E-state index is 13.5. The molecule has 0 amide bonds. The third kappa shape index (κ3) is 4.52. The SMILES string of the molecule is CC(C)n1nnnc1[C@@H](c1ccc(F)cc1)N1CCN(Cc2ccccc2)CC1. The lowest BCUT2D eigenvalue weighted by Crippen LogP contribution is -2.48. The van der Waals surface area contributed by atoms with Crippen molar-refractivity contribution >= 4 is 0 Å². The molecule has 2 aromatic carbocycles. The molecule has 0 spiro atoms. The minimum absolute atomic E-state index is 0.0909. The third-order valence-electron chi connectivity index (χ3n) is 5.46. The lowest BCUT2D eigenvalue weighted by atomic mass is 10.0. The highest BCUT2D eigenvalue weighted by Gasteiger charge is 2.31. The van der Waals surface area contributed by atoms with Crippen LogP contribution in [-0.2, 0) is 6.54 Å². The maximum Gasteiger partial charge on any atom is 0.173 e. The molecule has 152 valence electrons. The fraction of sp³-hybridized carbons (Fsp3) is 0.409. The molecule has 1 aliphatic rings. The summed E-state index contributed by atoms with van der Waals surface area (Å²) < 4.78 is 15.4. The Morgan fingerprint density at radius 2 is 1.62 bits per heavy atom. The molecule has 1 aromatic heterocycles. The fourth-order valence-corrected chi connectivity index (χ4v) is 3.94.